The van der Waals surface area contributed by atoms with Crippen molar-refractivity contribution in [3.05, 3.63) is 107 Å². The number of benzene rings is 4. The smallest absolute Gasteiger partial charge is 0.146 e. The molecular weight excluding hydrogens is 376 g/mol. The molecule has 0 saturated carbocycles. The zero-order valence-corrected chi connectivity index (χ0v) is 16.9. The summed E-state index contributed by atoms with van der Waals surface area (Å²) in [5.74, 6) is 0. The minimum atomic E-state index is 0.934. The predicted molar refractivity (Wildman–Crippen MR) is 127 cm³/mol. The third-order valence-corrected chi connectivity index (χ3v) is 7.21. The topological polar surface area (TPSA) is 17.3 Å². The fourth-order valence-corrected chi connectivity index (χ4v) is 5.86. The van der Waals surface area contributed by atoms with Gasteiger partial charge in [0.1, 0.15) is 5.65 Å². The van der Waals surface area contributed by atoms with Gasteiger partial charge in [-0.05, 0) is 57.8 Å². The molecule has 2 aliphatic carbocycles. The summed E-state index contributed by atoms with van der Waals surface area (Å²) in [6.07, 6.45) is 1.96. The lowest BCUT2D eigenvalue weighted by molar-refractivity contribution is 1.09. The summed E-state index contributed by atoms with van der Waals surface area (Å²) < 4.78 is 2.41. The molecule has 8 rings (SSSR count). The largest absolute Gasteiger partial charge is 0.295 e. The van der Waals surface area contributed by atoms with Crippen LogP contribution in [0.2, 0.25) is 0 Å². The molecule has 2 aromatic heterocycles. The molecule has 0 atom stereocenters. The average molecular weight is 394 g/mol. The van der Waals surface area contributed by atoms with Crippen LogP contribution in [0.3, 0.4) is 0 Å². The molecule has 2 nitrogen and oxygen atoms in total. The van der Waals surface area contributed by atoms with Crippen LogP contribution in [0.1, 0.15) is 22.4 Å². The minimum absolute atomic E-state index is 0.934. The Hall–Kier alpha value is -3.91. The molecule has 2 heteroatoms. The molecule has 0 bridgehead atoms. The van der Waals surface area contributed by atoms with Crippen molar-refractivity contribution in [3.8, 4) is 22.4 Å². The summed E-state index contributed by atoms with van der Waals surface area (Å²) in [7, 11) is 0. The fraction of sp³-hybridized carbons (Fsp3) is 0.0690. The second-order valence-electron chi connectivity index (χ2n) is 8.81. The van der Waals surface area contributed by atoms with E-state index < -0.39 is 0 Å². The van der Waals surface area contributed by atoms with Crippen molar-refractivity contribution in [2.45, 2.75) is 12.8 Å². The second kappa shape index (κ2) is 5.41. The molecule has 0 aliphatic heterocycles. The number of hydrogen-bond acceptors (Lipinski definition) is 1. The molecular formula is C29H18N2. The van der Waals surface area contributed by atoms with Gasteiger partial charge in [0.2, 0.25) is 0 Å². The highest BCUT2D eigenvalue weighted by Gasteiger charge is 2.29. The van der Waals surface area contributed by atoms with E-state index in [1.807, 2.05) is 0 Å². The van der Waals surface area contributed by atoms with E-state index >= 15 is 0 Å². The van der Waals surface area contributed by atoms with E-state index in [0.717, 1.165) is 24.2 Å². The molecule has 144 valence electrons. The predicted octanol–water partition coefficient (Wildman–Crippen LogP) is 6.78. The Morgan fingerprint density at radius 3 is 2.23 bits per heavy atom. The first kappa shape index (κ1) is 15.9. The van der Waals surface area contributed by atoms with E-state index in [0.29, 0.717) is 0 Å². The van der Waals surface area contributed by atoms with E-state index in [-0.39, 0.29) is 0 Å². The average Bonchev–Trinajstić information content (AvgIpc) is 3.47. The Morgan fingerprint density at radius 2 is 1.29 bits per heavy atom. The first-order chi connectivity index (χ1) is 15.4. The number of rotatable bonds is 0. The van der Waals surface area contributed by atoms with Crippen molar-refractivity contribution in [2.75, 3.05) is 0 Å². The summed E-state index contributed by atoms with van der Waals surface area (Å²) in [6.45, 7) is 0. The molecule has 0 unspecified atom stereocenters. The van der Waals surface area contributed by atoms with Gasteiger partial charge in [-0.1, -0.05) is 66.7 Å². The van der Waals surface area contributed by atoms with Crippen LogP contribution >= 0.6 is 0 Å². The van der Waals surface area contributed by atoms with Crippen molar-refractivity contribution >= 4 is 27.3 Å². The molecule has 0 N–H and O–H groups in total. The Morgan fingerprint density at radius 1 is 0.581 bits per heavy atom. The Labute approximate surface area is 179 Å². The second-order valence-corrected chi connectivity index (χ2v) is 8.81. The molecule has 0 radical (unpaired) electrons. The summed E-state index contributed by atoms with van der Waals surface area (Å²) in [5, 5.41) is 3.79. The van der Waals surface area contributed by atoms with E-state index in [2.05, 4.69) is 89.3 Å². The summed E-state index contributed by atoms with van der Waals surface area (Å²) in [6, 6.07) is 31.1. The van der Waals surface area contributed by atoms with Gasteiger partial charge >= 0.3 is 0 Å². The van der Waals surface area contributed by atoms with Gasteiger partial charge in [0.25, 0.3) is 0 Å². The summed E-state index contributed by atoms with van der Waals surface area (Å²) in [4.78, 5) is 5.25. The van der Waals surface area contributed by atoms with Crippen LogP contribution in [-0.4, -0.2) is 9.38 Å². The molecule has 0 saturated heterocycles. The number of pyridine rings is 1. The van der Waals surface area contributed by atoms with Crippen LogP contribution in [0.25, 0.3) is 49.7 Å². The summed E-state index contributed by atoms with van der Waals surface area (Å²) >= 11 is 0. The Balaban J connectivity index is 1.46. The quantitative estimate of drug-likeness (QED) is 0.259. The van der Waals surface area contributed by atoms with Crippen LogP contribution in [0.4, 0.5) is 0 Å². The van der Waals surface area contributed by atoms with E-state index in [1.54, 1.807) is 0 Å². The van der Waals surface area contributed by atoms with Crippen molar-refractivity contribution < 1.29 is 0 Å². The third kappa shape index (κ3) is 1.91. The van der Waals surface area contributed by atoms with E-state index in [4.69, 9.17) is 4.98 Å². The number of imidazole rings is 1. The van der Waals surface area contributed by atoms with Crippen LogP contribution in [-0.2, 0) is 12.8 Å². The molecule has 4 aromatic carbocycles. The van der Waals surface area contributed by atoms with Crippen LogP contribution in [0.15, 0.2) is 84.9 Å². The maximum atomic E-state index is 5.25. The molecule has 0 spiro atoms. The molecule has 0 amide bonds. The fourth-order valence-electron chi connectivity index (χ4n) is 5.86. The van der Waals surface area contributed by atoms with Gasteiger partial charge in [-0.3, -0.25) is 4.40 Å². The molecule has 6 aromatic rings. The molecule has 31 heavy (non-hydrogen) atoms. The monoisotopic (exact) mass is 394 g/mol. The van der Waals surface area contributed by atoms with Crippen LogP contribution in [0, 0.1) is 0 Å². The lowest BCUT2D eigenvalue weighted by Crippen LogP contribution is -1.96. The highest BCUT2D eigenvalue weighted by Crippen LogP contribution is 2.45. The summed E-state index contributed by atoms with van der Waals surface area (Å²) in [5.41, 5.74) is 13.2. The van der Waals surface area contributed by atoms with Gasteiger partial charge in [0.15, 0.2) is 0 Å². The first-order valence-electron chi connectivity index (χ1n) is 10.9. The van der Waals surface area contributed by atoms with Crippen LogP contribution in [0.5, 0.6) is 0 Å². The van der Waals surface area contributed by atoms with E-state index in [1.165, 1.54) is 60.8 Å². The maximum absolute atomic E-state index is 5.25. The van der Waals surface area contributed by atoms with Crippen molar-refractivity contribution in [3.63, 3.8) is 0 Å². The third-order valence-electron chi connectivity index (χ3n) is 7.21. The number of aromatic nitrogens is 2. The number of hydrogen-bond donors (Lipinski definition) is 0. The van der Waals surface area contributed by atoms with Crippen molar-refractivity contribution in [2.24, 2.45) is 0 Å². The number of nitrogens with zero attached hydrogens (tertiary/aromatic N) is 2. The molecule has 2 heterocycles. The molecule has 2 aliphatic rings. The normalized spacial score (nSPS) is 13.5. The first-order valence-corrected chi connectivity index (χ1v) is 10.9. The lowest BCUT2D eigenvalue weighted by Gasteiger charge is -2.10. The minimum Gasteiger partial charge on any atom is -0.295 e. The van der Waals surface area contributed by atoms with Gasteiger partial charge in [-0.15, -0.1) is 0 Å². The zero-order valence-electron chi connectivity index (χ0n) is 16.9. The lowest BCUT2D eigenvalue weighted by atomic mass is 9.99. The number of fused-ring (bicyclic) bond motifs is 13. The maximum Gasteiger partial charge on any atom is 0.146 e. The zero-order chi connectivity index (χ0) is 20.1. The van der Waals surface area contributed by atoms with Gasteiger partial charge in [0.05, 0.1) is 16.9 Å². The highest BCUT2D eigenvalue weighted by atomic mass is 15.0. The molecule has 0 fully saturated rings. The van der Waals surface area contributed by atoms with Crippen LogP contribution < -0.4 is 0 Å². The van der Waals surface area contributed by atoms with Gasteiger partial charge < -0.3 is 0 Å². The SMILES string of the molecule is c1ccc2c(c1)Cc1cc3c(cc1-2)Cc1c-3nc2c3ccccc3c3ccccc3n12. The highest BCUT2D eigenvalue weighted by molar-refractivity contribution is 6.12. The van der Waals surface area contributed by atoms with Gasteiger partial charge in [-0.2, -0.15) is 0 Å². The Bertz CT molecular complexity index is 1740. The number of para-hydroxylation sites is 1. The van der Waals surface area contributed by atoms with Gasteiger partial charge in [0, 0.05) is 22.8 Å². The van der Waals surface area contributed by atoms with E-state index in [9.17, 15) is 0 Å². The van der Waals surface area contributed by atoms with Crippen molar-refractivity contribution in [1.82, 2.24) is 9.38 Å². The standard InChI is InChI=1S/C29H18N2/c1-2-8-20-17(7-1)13-18-15-25-19(14-24(18)20)16-27-28(25)30-29-23-11-4-3-9-21(23)22-10-5-6-12-26(22)31(27)29/h1-12,14-15H,13,16H2. The Kier molecular flexibility index (Phi) is 2.77. The van der Waals surface area contributed by atoms with Crippen molar-refractivity contribution in [1.29, 1.82) is 0 Å². The van der Waals surface area contributed by atoms with Gasteiger partial charge in [-0.25, -0.2) is 4.98 Å².